The van der Waals surface area contributed by atoms with Crippen LogP contribution in [-0.2, 0) is 16.1 Å². The molecule has 0 fully saturated rings. The van der Waals surface area contributed by atoms with Crippen molar-refractivity contribution in [3.05, 3.63) is 64.7 Å². The van der Waals surface area contributed by atoms with Crippen molar-refractivity contribution in [3.63, 3.8) is 0 Å². The first-order valence-corrected chi connectivity index (χ1v) is 10.0. The second kappa shape index (κ2) is 10.1. The van der Waals surface area contributed by atoms with Gasteiger partial charge in [0.2, 0.25) is 5.91 Å². The largest absolute Gasteiger partial charge is 0.483 e. The third kappa shape index (κ3) is 6.08. The number of nitrogens with one attached hydrogen (secondary N) is 1. The standard InChI is InChI=1S/C24H32N2O3/c1-16(2)25-24(28)20(6)26(14-21-12-8-7-10-18(21)4)23(27)15-29-22-13-9-11-17(3)19(22)5/h7-13,16,20H,14-15H2,1-6H3,(H,25,28)/t20-/m0/s1. The van der Waals surface area contributed by atoms with E-state index in [-0.39, 0.29) is 24.5 Å². The molecule has 0 aliphatic rings. The van der Waals surface area contributed by atoms with E-state index in [1.807, 2.05) is 77.1 Å². The lowest BCUT2D eigenvalue weighted by molar-refractivity contribution is -0.142. The molecule has 2 rings (SSSR count). The smallest absolute Gasteiger partial charge is 0.261 e. The van der Waals surface area contributed by atoms with Gasteiger partial charge in [0.1, 0.15) is 11.8 Å². The number of carbonyl (C=O) groups is 2. The van der Waals surface area contributed by atoms with Crippen molar-refractivity contribution in [1.82, 2.24) is 10.2 Å². The molecule has 156 valence electrons. The molecule has 0 unspecified atom stereocenters. The van der Waals surface area contributed by atoms with Crippen molar-refractivity contribution in [3.8, 4) is 5.75 Å². The lowest BCUT2D eigenvalue weighted by Gasteiger charge is -2.30. The summed E-state index contributed by atoms with van der Waals surface area (Å²) < 4.78 is 5.82. The number of hydrogen-bond acceptors (Lipinski definition) is 3. The first-order chi connectivity index (χ1) is 13.7. The summed E-state index contributed by atoms with van der Waals surface area (Å²) in [5, 5.41) is 2.89. The Kier molecular flexibility index (Phi) is 7.82. The van der Waals surface area contributed by atoms with E-state index < -0.39 is 6.04 Å². The van der Waals surface area contributed by atoms with Gasteiger partial charge >= 0.3 is 0 Å². The Morgan fingerprint density at radius 2 is 1.62 bits per heavy atom. The first kappa shape index (κ1) is 22.5. The quantitative estimate of drug-likeness (QED) is 0.735. The van der Waals surface area contributed by atoms with Gasteiger partial charge in [0.15, 0.2) is 6.61 Å². The van der Waals surface area contributed by atoms with Crippen LogP contribution in [0.5, 0.6) is 5.75 Å². The summed E-state index contributed by atoms with van der Waals surface area (Å²) in [5.74, 6) is 0.294. The van der Waals surface area contributed by atoms with Gasteiger partial charge < -0.3 is 15.0 Å². The number of nitrogens with zero attached hydrogens (tertiary/aromatic N) is 1. The maximum absolute atomic E-state index is 13.1. The molecule has 2 amide bonds. The summed E-state index contributed by atoms with van der Waals surface area (Å²) in [6, 6.07) is 13.1. The number of aryl methyl sites for hydroxylation is 2. The molecule has 0 aromatic heterocycles. The molecule has 1 N–H and O–H groups in total. The van der Waals surface area contributed by atoms with Crippen molar-refractivity contribution in [1.29, 1.82) is 0 Å². The Balaban J connectivity index is 2.20. The summed E-state index contributed by atoms with van der Waals surface area (Å²) in [4.78, 5) is 27.3. The van der Waals surface area contributed by atoms with Gasteiger partial charge in [0, 0.05) is 12.6 Å². The normalized spacial score (nSPS) is 11.8. The minimum absolute atomic E-state index is 0.00607. The number of benzene rings is 2. The van der Waals surface area contributed by atoms with Gasteiger partial charge in [0.05, 0.1) is 0 Å². The van der Waals surface area contributed by atoms with Gasteiger partial charge in [-0.3, -0.25) is 9.59 Å². The average Bonchev–Trinajstić information content (AvgIpc) is 2.67. The van der Waals surface area contributed by atoms with Crippen LogP contribution in [0.4, 0.5) is 0 Å². The maximum atomic E-state index is 13.1. The third-order valence-corrected chi connectivity index (χ3v) is 5.11. The van der Waals surface area contributed by atoms with Crippen molar-refractivity contribution < 1.29 is 14.3 Å². The van der Waals surface area contributed by atoms with Crippen LogP contribution in [0.3, 0.4) is 0 Å². The highest BCUT2D eigenvalue weighted by atomic mass is 16.5. The zero-order chi connectivity index (χ0) is 21.6. The highest BCUT2D eigenvalue weighted by Crippen LogP contribution is 2.21. The Hall–Kier alpha value is -2.82. The Morgan fingerprint density at radius 1 is 0.966 bits per heavy atom. The highest BCUT2D eigenvalue weighted by Gasteiger charge is 2.27. The summed E-state index contributed by atoms with van der Waals surface area (Å²) in [6.45, 7) is 11.8. The fourth-order valence-corrected chi connectivity index (χ4v) is 3.06. The molecular weight excluding hydrogens is 364 g/mol. The van der Waals surface area contributed by atoms with Gasteiger partial charge in [-0.2, -0.15) is 0 Å². The van der Waals surface area contributed by atoms with Crippen molar-refractivity contribution in [2.24, 2.45) is 0 Å². The molecule has 0 heterocycles. The molecule has 2 aromatic rings. The third-order valence-electron chi connectivity index (χ3n) is 5.11. The maximum Gasteiger partial charge on any atom is 0.261 e. The van der Waals surface area contributed by atoms with Gasteiger partial charge in [-0.1, -0.05) is 36.4 Å². The minimum atomic E-state index is -0.605. The predicted molar refractivity (Wildman–Crippen MR) is 116 cm³/mol. The number of ether oxygens (including phenoxy) is 1. The molecule has 0 spiro atoms. The zero-order valence-corrected chi connectivity index (χ0v) is 18.3. The Labute approximate surface area is 174 Å². The second-order valence-corrected chi connectivity index (χ2v) is 7.77. The van der Waals surface area contributed by atoms with Gasteiger partial charge in [-0.05, 0) is 69.9 Å². The van der Waals surface area contributed by atoms with Crippen LogP contribution in [0.2, 0.25) is 0 Å². The van der Waals surface area contributed by atoms with E-state index in [9.17, 15) is 9.59 Å². The average molecular weight is 397 g/mol. The van der Waals surface area contributed by atoms with Crippen LogP contribution in [0.15, 0.2) is 42.5 Å². The van der Waals surface area contributed by atoms with E-state index >= 15 is 0 Å². The van der Waals surface area contributed by atoms with Crippen LogP contribution in [-0.4, -0.2) is 35.4 Å². The highest BCUT2D eigenvalue weighted by molar-refractivity contribution is 5.88. The monoisotopic (exact) mass is 396 g/mol. The van der Waals surface area contributed by atoms with Crippen molar-refractivity contribution >= 4 is 11.8 Å². The Morgan fingerprint density at radius 3 is 2.28 bits per heavy atom. The summed E-state index contributed by atoms with van der Waals surface area (Å²) in [7, 11) is 0. The van der Waals surface area contributed by atoms with Gasteiger partial charge in [-0.25, -0.2) is 0 Å². The summed E-state index contributed by atoms with van der Waals surface area (Å²) in [6.07, 6.45) is 0. The molecule has 5 nitrogen and oxygen atoms in total. The SMILES string of the molecule is Cc1ccccc1CN(C(=O)COc1cccc(C)c1C)[C@@H](C)C(=O)NC(C)C. The van der Waals surface area contributed by atoms with E-state index in [0.29, 0.717) is 12.3 Å². The summed E-state index contributed by atoms with van der Waals surface area (Å²) >= 11 is 0. The molecule has 5 heteroatoms. The molecule has 0 aliphatic carbocycles. The number of amides is 2. The summed E-state index contributed by atoms with van der Waals surface area (Å²) in [5.41, 5.74) is 4.21. The molecule has 0 radical (unpaired) electrons. The fourth-order valence-electron chi connectivity index (χ4n) is 3.06. The van der Waals surface area contributed by atoms with Gasteiger partial charge in [-0.15, -0.1) is 0 Å². The number of hydrogen-bond donors (Lipinski definition) is 1. The predicted octanol–water partition coefficient (Wildman–Crippen LogP) is 3.93. The molecule has 0 bridgehead atoms. The van der Waals surface area contributed by atoms with Crippen LogP contribution < -0.4 is 10.1 Å². The van der Waals surface area contributed by atoms with Crippen molar-refractivity contribution in [2.75, 3.05) is 6.61 Å². The van der Waals surface area contributed by atoms with E-state index in [0.717, 1.165) is 22.3 Å². The number of rotatable bonds is 8. The minimum Gasteiger partial charge on any atom is -0.483 e. The van der Waals surface area contributed by atoms with Crippen LogP contribution in [0.1, 0.15) is 43.0 Å². The van der Waals surface area contributed by atoms with E-state index in [1.165, 1.54) is 0 Å². The molecule has 1 atom stereocenters. The molecule has 0 saturated heterocycles. The Bertz CT molecular complexity index is 861. The number of carbonyl (C=O) groups excluding carboxylic acids is 2. The van der Waals surface area contributed by atoms with E-state index in [2.05, 4.69) is 5.32 Å². The molecule has 0 aliphatic heterocycles. The van der Waals surface area contributed by atoms with Crippen LogP contribution in [0.25, 0.3) is 0 Å². The lowest BCUT2D eigenvalue weighted by Crippen LogP contribution is -2.50. The molecule has 2 aromatic carbocycles. The van der Waals surface area contributed by atoms with Crippen LogP contribution in [0, 0.1) is 20.8 Å². The fraction of sp³-hybridized carbons (Fsp3) is 0.417. The molecular formula is C24H32N2O3. The van der Waals surface area contributed by atoms with Crippen molar-refractivity contribution in [2.45, 2.75) is 60.2 Å². The molecule has 29 heavy (non-hydrogen) atoms. The van der Waals surface area contributed by atoms with Gasteiger partial charge in [0.25, 0.3) is 5.91 Å². The second-order valence-electron chi connectivity index (χ2n) is 7.77. The molecule has 0 saturated carbocycles. The first-order valence-electron chi connectivity index (χ1n) is 10.0. The van der Waals surface area contributed by atoms with E-state index in [4.69, 9.17) is 4.74 Å². The lowest BCUT2D eigenvalue weighted by atomic mass is 10.1. The van der Waals surface area contributed by atoms with E-state index in [1.54, 1.807) is 11.8 Å². The topological polar surface area (TPSA) is 58.6 Å². The van der Waals surface area contributed by atoms with Crippen LogP contribution >= 0.6 is 0 Å². The zero-order valence-electron chi connectivity index (χ0n) is 18.3.